The van der Waals surface area contributed by atoms with E-state index in [9.17, 15) is 27.6 Å². The second-order valence-corrected chi connectivity index (χ2v) is 8.57. The van der Waals surface area contributed by atoms with Crippen LogP contribution in [0.3, 0.4) is 0 Å². The maximum atomic E-state index is 12.8. The number of aryl methyl sites for hydroxylation is 1. The summed E-state index contributed by atoms with van der Waals surface area (Å²) in [5, 5.41) is 4.77. The molecule has 0 bridgehead atoms. The third kappa shape index (κ3) is 4.35. The van der Waals surface area contributed by atoms with Gasteiger partial charge in [-0.05, 0) is 41.2 Å². The molecule has 1 atom stereocenters. The van der Waals surface area contributed by atoms with E-state index in [0.29, 0.717) is 18.4 Å². The minimum Gasteiger partial charge on any atom is -0.465 e. The normalized spacial score (nSPS) is 18.4. The lowest BCUT2D eigenvalue weighted by Crippen LogP contribution is -2.71. The minimum atomic E-state index is -5.11. The molecule has 4 rings (SSSR count). The number of ether oxygens (including phenoxy) is 2. The zero-order valence-corrected chi connectivity index (χ0v) is 18.7. The average molecular weight is 497 g/mol. The van der Waals surface area contributed by atoms with Gasteiger partial charge in [0, 0.05) is 0 Å². The number of hydrogen-bond donors (Lipinski definition) is 2. The fraction of sp³-hybridized carbons (Fsp3) is 0.348. The van der Waals surface area contributed by atoms with Crippen molar-refractivity contribution in [3.05, 3.63) is 58.1 Å². The summed E-state index contributed by atoms with van der Waals surface area (Å²) in [7, 11) is 1.27. The molecule has 2 aromatic rings. The topological polar surface area (TPSA) is 93.7 Å². The van der Waals surface area contributed by atoms with E-state index >= 15 is 0 Å². The van der Waals surface area contributed by atoms with Crippen molar-refractivity contribution in [2.24, 2.45) is 0 Å². The van der Waals surface area contributed by atoms with Crippen LogP contribution in [-0.2, 0) is 25.5 Å². The van der Waals surface area contributed by atoms with Gasteiger partial charge < -0.3 is 20.1 Å². The summed E-state index contributed by atoms with van der Waals surface area (Å²) < 4.78 is 47.8. The number of fused-ring (bicyclic) bond motifs is 1. The van der Waals surface area contributed by atoms with Crippen LogP contribution in [0.25, 0.3) is 11.1 Å². The first-order valence-corrected chi connectivity index (χ1v) is 10.7. The molecule has 0 spiro atoms. The molecule has 2 amide bonds. The number of halogens is 4. The molecule has 2 aliphatic rings. The van der Waals surface area contributed by atoms with Gasteiger partial charge in [-0.3, -0.25) is 9.59 Å². The molecule has 7 nitrogen and oxygen atoms in total. The highest BCUT2D eigenvalue weighted by atomic mass is 35.5. The molecule has 0 aromatic heterocycles. The van der Waals surface area contributed by atoms with Crippen LogP contribution in [-0.4, -0.2) is 49.8 Å². The summed E-state index contributed by atoms with van der Waals surface area (Å²) in [5.74, 6) is -3.49. The van der Waals surface area contributed by atoms with E-state index in [1.165, 1.54) is 7.11 Å². The first kappa shape index (κ1) is 24.0. The Morgan fingerprint density at radius 1 is 1.18 bits per heavy atom. The molecular formula is C23H20ClF3N2O5. The van der Waals surface area contributed by atoms with Crippen molar-refractivity contribution in [1.29, 1.82) is 0 Å². The number of hydrogen-bond acceptors (Lipinski definition) is 5. The summed E-state index contributed by atoms with van der Waals surface area (Å²) in [6.07, 6.45) is -3.99. The van der Waals surface area contributed by atoms with Gasteiger partial charge in [0.15, 0.2) is 5.54 Å². The molecular weight excluding hydrogens is 477 g/mol. The average Bonchev–Trinajstić information content (AvgIpc) is 3.16. The van der Waals surface area contributed by atoms with E-state index in [0.717, 1.165) is 16.7 Å². The summed E-state index contributed by atoms with van der Waals surface area (Å²) in [6.45, 7) is -0.686. The van der Waals surface area contributed by atoms with E-state index in [1.54, 1.807) is 35.6 Å². The maximum absolute atomic E-state index is 12.8. The van der Waals surface area contributed by atoms with Crippen molar-refractivity contribution in [3.63, 3.8) is 0 Å². The van der Waals surface area contributed by atoms with Crippen LogP contribution in [0.4, 0.5) is 13.2 Å². The van der Waals surface area contributed by atoms with Gasteiger partial charge in [0.2, 0.25) is 0 Å². The van der Waals surface area contributed by atoms with Crippen molar-refractivity contribution >= 4 is 29.4 Å². The maximum Gasteiger partial charge on any atom is 0.471 e. The molecule has 0 radical (unpaired) electrons. The number of nitrogens with one attached hydrogen (secondary N) is 2. The Balaban J connectivity index is 1.55. The molecule has 34 heavy (non-hydrogen) atoms. The van der Waals surface area contributed by atoms with Gasteiger partial charge in [0.25, 0.3) is 5.91 Å². The van der Waals surface area contributed by atoms with Crippen molar-refractivity contribution < 1.29 is 37.0 Å². The number of benzene rings is 2. The van der Waals surface area contributed by atoms with Crippen molar-refractivity contribution in [3.8, 4) is 11.1 Å². The van der Waals surface area contributed by atoms with E-state index in [2.05, 4.69) is 5.32 Å². The largest absolute Gasteiger partial charge is 0.471 e. The van der Waals surface area contributed by atoms with Crippen LogP contribution < -0.4 is 10.6 Å². The summed E-state index contributed by atoms with van der Waals surface area (Å²) in [5.41, 5.74) is 1.52. The standard InChI is InChI=1S/C23H20ClF3N2O5/c1-33-19(30)18-15(3-2-4-16(18)24)13-5-7-14-12(9-13)6-8-17(14)28-20(31)22(10-34-11-22)29-21(32)23(25,26)27/h2-5,7,9,17H,6,8,10-11H2,1H3,(H,28,31)(H,29,32)/t17-/m0/s1. The van der Waals surface area contributed by atoms with E-state index in [4.69, 9.17) is 21.1 Å². The first-order chi connectivity index (χ1) is 16.1. The number of carbonyl (C=O) groups excluding carboxylic acids is 3. The number of amides is 2. The van der Waals surface area contributed by atoms with Crippen molar-refractivity contribution in [2.45, 2.75) is 30.6 Å². The van der Waals surface area contributed by atoms with Crippen LogP contribution in [0, 0.1) is 0 Å². The Bertz CT molecular complexity index is 1160. The summed E-state index contributed by atoms with van der Waals surface area (Å²) in [6, 6.07) is 10.1. The zero-order chi connectivity index (χ0) is 24.7. The second kappa shape index (κ2) is 8.92. The fourth-order valence-corrected chi connectivity index (χ4v) is 4.41. The Morgan fingerprint density at radius 2 is 1.91 bits per heavy atom. The van der Waals surface area contributed by atoms with E-state index in [1.807, 2.05) is 6.07 Å². The van der Waals surface area contributed by atoms with Crippen molar-refractivity contribution in [1.82, 2.24) is 10.6 Å². The SMILES string of the molecule is COC(=O)c1c(Cl)cccc1-c1ccc2c(c1)CC[C@@H]2NC(=O)C1(NC(=O)C(F)(F)F)COC1. The molecule has 1 fully saturated rings. The molecule has 2 N–H and O–H groups in total. The fourth-order valence-electron chi connectivity index (χ4n) is 4.16. The summed E-state index contributed by atoms with van der Waals surface area (Å²) in [4.78, 5) is 36.4. The third-order valence-electron chi connectivity index (χ3n) is 5.98. The summed E-state index contributed by atoms with van der Waals surface area (Å²) >= 11 is 6.22. The van der Waals surface area contributed by atoms with Gasteiger partial charge in [-0.15, -0.1) is 0 Å². The van der Waals surface area contributed by atoms with Gasteiger partial charge in [-0.2, -0.15) is 13.2 Å². The first-order valence-electron chi connectivity index (χ1n) is 10.3. The molecule has 11 heteroatoms. The number of esters is 1. The number of methoxy groups -OCH3 is 1. The van der Waals surface area contributed by atoms with Gasteiger partial charge in [-0.25, -0.2) is 4.79 Å². The molecule has 1 saturated heterocycles. The monoisotopic (exact) mass is 496 g/mol. The van der Waals surface area contributed by atoms with Crippen molar-refractivity contribution in [2.75, 3.05) is 20.3 Å². The second-order valence-electron chi connectivity index (χ2n) is 8.16. The molecule has 1 heterocycles. The molecule has 0 unspecified atom stereocenters. The lowest BCUT2D eigenvalue weighted by Gasteiger charge is -2.41. The van der Waals surface area contributed by atoms with Crippen LogP contribution in [0.15, 0.2) is 36.4 Å². The minimum absolute atomic E-state index is 0.238. The lowest BCUT2D eigenvalue weighted by molar-refractivity contribution is -0.184. The number of carbonyl (C=O) groups is 3. The quantitative estimate of drug-likeness (QED) is 0.619. The Kier molecular flexibility index (Phi) is 6.30. The molecule has 1 aliphatic heterocycles. The number of alkyl halides is 3. The molecule has 2 aromatic carbocycles. The highest BCUT2D eigenvalue weighted by Gasteiger charge is 2.52. The Labute approximate surface area is 197 Å². The van der Waals surface area contributed by atoms with Gasteiger partial charge in [0.1, 0.15) is 0 Å². The van der Waals surface area contributed by atoms with Crippen LogP contribution in [0.1, 0.15) is 33.9 Å². The van der Waals surface area contributed by atoms with Crippen LogP contribution in [0.5, 0.6) is 0 Å². The van der Waals surface area contributed by atoms with E-state index in [-0.39, 0.29) is 23.8 Å². The smallest absolute Gasteiger partial charge is 0.465 e. The molecule has 0 saturated carbocycles. The van der Waals surface area contributed by atoms with E-state index < -0.39 is 35.5 Å². The van der Waals surface area contributed by atoms with Crippen LogP contribution >= 0.6 is 11.6 Å². The highest BCUT2D eigenvalue weighted by molar-refractivity contribution is 6.34. The highest BCUT2D eigenvalue weighted by Crippen LogP contribution is 2.37. The predicted molar refractivity (Wildman–Crippen MR) is 115 cm³/mol. The Hall–Kier alpha value is -3.11. The predicted octanol–water partition coefficient (Wildman–Crippen LogP) is 3.34. The van der Waals surface area contributed by atoms with Crippen LogP contribution in [0.2, 0.25) is 5.02 Å². The van der Waals surface area contributed by atoms with Gasteiger partial charge in [-0.1, -0.05) is 41.9 Å². The lowest BCUT2D eigenvalue weighted by atomic mass is 9.94. The number of rotatable bonds is 5. The molecule has 180 valence electrons. The van der Waals surface area contributed by atoms with Gasteiger partial charge >= 0.3 is 18.1 Å². The zero-order valence-electron chi connectivity index (χ0n) is 17.9. The Morgan fingerprint density at radius 3 is 2.53 bits per heavy atom. The molecule has 1 aliphatic carbocycles. The van der Waals surface area contributed by atoms with Gasteiger partial charge in [0.05, 0.1) is 37.0 Å². The third-order valence-corrected chi connectivity index (χ3v) is 6.30.